The Bertz CT molecular complexity index is 899. The van der Waals surface area contributed by atoms with E-state index in [9.17, 15) is 4.79 Å². The molecule has 1 aromatic heterocycles. The first-order chi connectivity index (χ1) is 12.2. The van der Waals surface area contributed by atoms with E-state index >= 15 is 0 Å². The monoisotopic (exact) mass is 369 g/mol. The fraction of sp³-hybridized carbons (Fsp3) is 0.158. The number of benzene rings is 2. The van der Waals surface area contributed by atoms with Crippen molar-refractivity contribution in [3.05, 3.63) is 65.3 Å². The summed E-state index contributed by atoms with van der Waals surface area (Å²) in [5.41, 5.74) is 3.60. The second-order valence-electron chi connectivity index (χ2n) is 5.84. The Morgan fingerprint density at radius 2 is 2.00 bits per heavy atom. The summed E-state index contributed by atoms with van der Waals surface area (Å²) in [6.45, 7) is 1.02. The van der Waals surface area contributed by atoms with Crippen LogP contribution in [0.3, 0.4) is 0 Å². The standard InChI is InChI=1S/C19H16ClN3OS/c20-16-4-2-1-3-14(16)11-18(24)21-15-7-5-13(6-8-15)17-12-23-9-10-25-19(23)22-17/h1-8,12H,9-11H2,(H,21,24). The quantitative estimate of drug-likeness (QED) is 0.737. The molecule has 2 aromatic carbocycles. The molecule has 126 valence electrons. The molecule has 0 unspecified atom stereocenters. The number of halogens is 1. The van der Waals surface area contributed by atoms with Crippen molar-refractivity contribution in [3.8, 4) is 11.3 Å². The molecule has 6 heteroatoms. The topological polar surface area (TPSA) is 46.9 Å². The zero-order valence-electron chi connectivity index (χ0n) is 13.4. The number of nitrogens with zero attached hydrogens (tertiary/aromatic N) is 2. The minimum Gasteiger partial charge on any atom is -0.326 e. The molecule has 0 atom stereocenters. The van der Waals surface area contributed by atoms with Gasteiger partial charge in [-0.1, -0.05) is 53.7 Å². The Morgan fingerprint density at radius 1 is 1.20 bits per heavy atom. The van der Waals surface area contributed by atoms with Crippen LogP contribution >= 0.6 is 23.4 Å². The molecule has 1 amide bonds. The fourth-order valence-corrected chi connectivity index (χ4v) is 3.94. The number of amides is 1. The number of thioether (sulfide) groups is 1. The first kappa shape index (κ1) is 16.2. The van der Waals surface area contributed by atoms with E-state index in [1.54, 1.807) is 17.8 Å². The van der Waals surface area contributed by atoms with Crippen LogP contribution in [0.25, 0.3) is 11.3 Å². The summed E-state index contributed by atoms with van der Waals surface area (Å²) in [6.07, 6.45) is 2.34. The molecule has 0 saturated carbocycles. The SMILES string of the molecule is O=C(Cc1ccccc1Cl)Nc1ccc(-c2cn3c(n2)SCC3)cc1. The Balaban J connectivity index is 1.43. The van der Waals surface area contributed by atoms with Gasteiger partial charge in [-0.05, 0) is 23.8 Å². The third-order valence-electron chi connectivity index (χ3n) is 4.08. The van der Waals surface area contributed by atoms with Crippen molar-refractivity contribution >= 4 is 35.0 Å². The zero-order valence-corrected chi connectivity index (χ0v) is 15.0. The van der Waals surface area contributed by atoms with Crippen molar-refractivity contribution in [2.24, 2.45) is 0 Å². The minimum absolute atomic E-state index is 0.0850. The lowest BCUT2D eigenvalue weighted by Gasteiger charge is -2.07. The van der Waals surface area contributed by atoms with E-state index in [4.69, 9.17) is 11.6 Å². The van der Waals surface area contributed by atoms with E-state index in [0.29, 0.717) is 5.02 Å². The molecular formula is C19H16ClN3OS. The largest absolute Gasteiger partial charge is 0.326 e. The number of fused-ring (bicyclic) bond motifs is 1. The predicted octanol–water partition coefficient (Wildman–Crippen LogP) is 4.49. The van der Waals surface area contributed by atoms with Crippen LogP contribution in [0.2, 0.25) is 5.02 Å². The third-order valence-corrected chi connectivity index (χ3v) is 5.42. The first-order valence-electron chi connectivity index (χ1n) is 8.03. The van der Waals surface area contributed by atoms with Crippen molar-refractivity contribution in [1.29, 1.82) is 0 Å². The summed E-state index contributed by atoms with van der Waals surface area (Å²) < 4.78 is 2.18. The van der Waals surface area contributed by atoms with Gasteiger partial charge in [-0.3, -0.25) is 4.79 Å². The highest BCUT2D eigenvalue weighted by Crippen LogP contribution is 2.29. The lowest BCUT2D eigenvalue weighted by atomic mass is 10.1. The van der Waals surface area contributed by atoms with Gasteiger partial charge in [0.1, 0.15) is 0 Å². The molecule has 0 spiro atoms. The van der Waals surface area contributed by atoms with Crippen LogP contribution in [-0.4, -0.2) is 21.2 Å². The van der Waals surface area contributed by atoms with Crippen molar-refractivity contribution in [2.75, 3.05) is 11.1 Å². The lowest BCUT2D eigenvalue weighted by Crippen LogP contribution is -2.14. The summed E-state index contributed by atoms with van der Waals surface area (Å²) in [6, 6.07) is 15.1. The molecule has 1 N–H and O–H groups in total. The van der Waals surface area contributed by atoms with Gasteiger partial charge in [0.25, 0.3) is 0 Å². The molecule has 0 bridgehead atoms. The van der Waals surface area contributed by atoms with E-state index in [2.05, 4.69) is 21.1 Å². The molecule has 0 radical (unpaired) electrons. The maximum absolute atomic E-state index is 12.2. The minimum atomic E-state index is -0.0850. The molecule has 4 nitrogen and oxygen atoms in total. The average Bonchev–Trinajstić information content (AvgIpc) is 3.19. The summed E-state index contributed by atoms with van der Waals surface area (Å²) >= 11 is 7.88. The molecule has 1 aliphatic rings. The number of rotatable bonds is 4. The van der Waals surface area contributed by atoms with Crippen LogP contribution in [-0.2, 0) is 17.8 Å². The normalized spacial score (nSPS) is 12.8. The van der Waals surface area contributed by atoms with Gasteiger partial charge in [-0.2, -0.15) is 0 Å². The molecule has 4 rings (SSSR count). The van der Waals surface area contributed by atoms with Crippen LogP contribution in [0.4, 0.5) is 5.69 Å². The van der Waals surface area contributed by atoms with Gasteiger partial charge in [0, 0.05) is 34.8 Å². The third kappa shape index (κ3) is 3.57. The van der Waals surface area contributed by atoms with E-state index in [1.807, 2.05) is 42.5 Å². The molecule has 1 aliphatic heterocycles. The number of anilines is 1. The first-order valence-corrected chi connectivity index (χ1v) is 9.39. The van der Waals surface area contributed by atoms with Gasteiger partial charge in [0.05, 0.1) is 12.1 Å². The number of nitrogens with one attached hydrogen (secondary N) is 1. The van der Waals surface area contributed by atoms with Crippen molar-refractivity contribution < 1.29 is 4.79 Å². The molecule has 0 aliphatic carbocycles. The second-order valence-corrected chi connectivity index (χ2v) is 7.31. The molecule has 25 heavy (non-hydrogen) atoms. The number of carbonyl (C=O) groups excluding carboxylic acids is 1. The summed E-state index contributed by atoms with van der Waals surface area (Å²) in [4.78, 5) is 16.8. The number of hydrogen-bond acceptors (Lipinski definition) is 3. The molecular weight excluding hydrogens is 354 g/mol. The number of imidazole rings is 1. The van der Waals surface area contributed by atoms with E-state index < -0.39 is 0 Å². The van der Waals surface area contributed by atoms with Gasteiger partial charge in [0.2, 0.25) is 5.91 Å². The van der Waals surface area contributed by atoms with Gasteiger partial charge >= 0.3 is 0 Å². The summed E-state index contributed by atoms with van der Waals surface area (Å²) in [5, 5.41) is 4.59. The fourth-order valence-electron chi connectivity index (χ4n) is 2.79. The molecule has 0 fully saturated rings. The van der Waals surface area contributed by atoms with Gasteiger partial charge in [-0.15, -0.1) is 0 Å². The van der Waals surface area contributed by atoms with Crippen molar-refractivity contribution in [2.45, 2.75) is 18.1 Å². The van der Waals surface area contributed by atoms with Gasteiger partial charge in [-0.25, -0.2) is 4.98 Å². The molecule has 3 aromatic rings. The second kappa shape index (κ2) is 6.94. The predicted molar refractivity (Wildman–Crippen MR) is 102 cm³/mol. The van der Waals surface area contributed by atoms with E-state index in [0.717, 1.165) is 40.0 Å². The summed E-state index contributed by atoms with van der Waals surface area (Å²) in [5.74, 6) is 1.01. The maximum atomic E-state index is 12.2. The molecule has 0 saturated heterocycles. The highest BCUT2D eigenvalue weighted by atomic mass is 35.5. The van der Waals surface area contributed by atoms with Crippen LogP contribution in [0, 0.1) is 0 Å². The Hall–Kier alpha value is -2.24. The van der Waals surface area contributed by atoms with Gasteiger partial charge < -0.3 is 9.88 Å². The maximum Gasteiger partial charge on any atom is 0.228 e. The number of aryl methyl sites for hydroxylation is 1. The lowest BCUT2D eigenvalue weighted by molar-refractivity contribution is -0.115. The van der Waals surface area contributed by atoms with Crippen molar-refractivity contribution in [3.63, 3.8) is 0 Å². The molecule has 2 heterocycles. The Labute approximate surface area is 155 Å². The van der Waals surface area contributed by atoms with Crippen molar-refractivity contribution in [1.82, 2.24) is 9.55 Å². The highest BCUT2D eigenvalue weighted by Gasteiger charge is 2.15. The smallest absolute Gasteiger partial charge is 0.228 e. The van der Waals surface area contributed by atoms with Crippen LogP contribution in [0.15, 0.2) is 59.9 Å². The van der Waals surface area contributed by atoms with Gasteiger partial charge in [0.15, 0.2) is 5.16 Å². The van der Waals surface area contributed by atoms with Crippen LogP contribution in [0.1, 0.15) is 5.56 Å². The van der Waals surface area contributed by atoms with E-state index in [1.165, 1.54) is 0 Å². The Morgan fingerprint density at radius 3 is 2.76 bits per heavy atom. The zero-order chi connectivity index (χ0) is 17.2. The van der Waals surface area contributed by atoms with Crippen LogP contribution < -0.4 is 5.32 Å². The Kier molecular flexibility index (Phi) is 4.51. The number of hydrogen-bond donors (Lipinski definition) is 1. The summed E-state index contributed by atoms with van der Waals surface area (Å²) in [7, 11) is 0. The number of carbonyl (C=O) groups is 1. The van der Waals surface area contributed by atoms with E-state index in [-0.39, 0.29) is 12.3 Å². The highest BCUT2D eigenvalue weighted by molar-refractivity contribution is 7.99. The van der Waals surface area contributed by atoms with Crippen LogP contribution in [0.5, 0.6) is 0 Å². The number of aromatic nitrogens is 2. The average molecular weight is 370 g/mol.